The second kappa shape index (κ2) is 5.99. The molecule has 1 saturated carbocycles. The summed E-state index contributed by atoms with van der Waals surface area (Å²) in [4.78, 5) is 0. The molecule has 20 heavy (non-hydrogen) atoms. The fraction of sp³-hybridized carbons (Fsp3) is 0.333. The summed E-state index contributed by atoms with van der Waals surface area (Å²) in [7, 11) is 0. The van der Waals surface area contributed by atoms with E-state index in [1.54, 1.807) is 0 Å². The molecule has 1 atom stereocenters. The number of hydrogen-bond acceptors (Lipinski definition) is 1. The highest BCUT2D eigenvalue weighted by molar-refractivity contribution is 6.30. The normalized spacial score (nSPS) is 23.1. The van der Waals surface area contributed by atoms with Crippen LogP contribution in [-0.2, 0) is 0 Å². The van der Waals surface area contributed by atoms with Gasteiger partial charge in [0.25, 0.3) is 0 Å². The summed E-state index contributed by atoms with van der Waals surface area (Å²) in [5.41, 5.74) is 2.74. The molecule has 0 unspecified atom stereocenters. The van der Waals surface area contributed by atoms with Crippen LogP contribution in [0.2, 0.25) is 5.02 Å². The van der Waals surface area contributed by atoms with Crippen molar-refractivity contribution in [3.63, 3.8) is 0 Å². The van der Waals surface area contributed by atoms with Crippen molar-refractivity contribution >= 4 is 11.6 Å². The highest BCUT2D eigenvalue weighted by Crippen LogP contribution is 2.37. The van der Waals surface area contributed by atoms with Crippen molar-refractivity contribution in [2.75, 3.05) is 0 Å². The third-order valence-electron chi connectivity index (χ3n) is 4.24. The lowest BCUT2D eigenvalue weighted by Crippen LogP contribution is -2.41. The van der Waals surface area contributed by atoms with Gasteiger partial charge in [-0.2, -0.15) is 0 Å². The maximum atomic E-state index is 6.05. The Balaban J connectivity index is 1.54. The zero-order valence-corrected chi connectivity index (χ0v) is 12.5. The number of hydrogen-bond donors (Lipinski definition) is 1. The molecule has 0 heterocycles. The number of benzene rings is 2. The lowest BCUT2D eigenvalue weighted by atomic mass is 9.75. The molecule has 0 aliphatic heterocycles. The molecule has 3 rings (SSSR count). The minimum Gasteiger partial charge on any atom is -0.307 e. The molecule has 0 bridgehead atoms. The van der Waals surface area contributed by atoms with Gasteiger partial charge in [-0.3, -0.25) is 0 Å². The van der Waals surface area contributed by atoms with Crippen LogP contribution in [0.1, 0.15) is 42.9 Å². The SMILES string of the molecule is C[C@H](NC1CC(c2ccccc2)C1)c1cccc(Cl)c1. The van der Waals surface area contributed by atoms with E-state index in [4.69, 9.17) is 11.6 Å². The van der Waals surface area contributed by atoms with E-state index in [0.29, 0.717) is 12.1 Å². The van der Waals surface area contributed by atoms with Crippen LogP contribution in [0.25, 0.3) is 0 Å². The molecule has 2 aromatic carbocycles. The molecule has 0 spiro atoms. The van der Waals surface area contributed by atoms with E-state index in [0.717, 1.165) is 10.9 Å². The fourth-order valence-electron chi connectivity index (χ4n) is 2.98. The lowest BCUT2D eigenvalue weighted by molar-refractivity contribution is 0.271. The summed E-state index contributed by atoms with van der Waals surface area (Å²) < 4.78 is 0. The van der Waals surface area contributed by atoms with Gasteiger partial charge in [0.05, 0.1) is 0 Å². The standard InChI is InChI=1S/C18H20ClN/c1-13(15-8-5-9-17(19)10-15)20-18-11-16(12-18)14-6-3-2-4-7-14/h2-10,13,16,18,20H,11-12H2,1H3/t13-,16?,18?/m0/s1. The van der Waals surface area contributed by atoms with E-state index in [-0.39, 0.29) is 0 Å². The molecular weight excluding hydrogens is 266 g/mol. The molecule has 2 aromatic rings. The largest absolute Gasteiger partial charge is 0.307 e. The highest BCUT2D eigenvalue weighted by Gasteiger charge is 2.30. The van der Waals surface area contributed by atoms with Gasteiger partial charge in [0, 0.05) is 17.1 Å². The van der Waals surface area contributed by atoms with E-state index >= 15 is 0 Å². The van der Waals surface area contributed by atoms with Gasteiger partial charge in [0.15, 0.2) is 0 Å². The van der Waals surface area contributed by atoms with Crippen molar-refractivity contribution in [1.29, 1.82) is 0 Å². The Hall–Kier alpha value is -1.31. The zero-order valence-electron chi connectivity index (χ0n) is 11.7. The van der Waals surface area contributed by atoms with Gasteiger partial charge in [-0.25, -0.2) is 0 Å². The van der Waals surface area contributed by atoms with Gasteiger partial charge in [-0.05, 0) is 48.9 Å². The van der Waals surface area contributed by atoms with Crippen LogP contribution in [0.3, 0.4) is 0 Å². The van der Waals surface area contributed by atoms with Gasteiger partial charge < -0.3 is 5.32 Å². The smallest absolute Gasteiger partial charge is 0.0409 e. The molecule has 104 valence electrons. The number of rotatable bonds is 4. The van der Waals surface area contributed by atoms with Crippen LogP contribution in [0.5, 0.6) is 0 Å². The highest BCUT2D eigenvalue weighted by atomic mass is 35.5. The van der Waals surface area contributed by atoms with Crippen LogP contribution < -0.4 is 5.32 Å². The molecule has 1 N–H and O–H groups in total. The average Bonchev–Trinajstić information content (AvgIpc) is 2.43. The molecule has 0 radical (unpaired) electrons. The summed E-state index contributed by atoms with van der Waals surface area (Å²) >= 11 is 6.05. The number of halogens is 1. The van der Waals surface area contributed by atoms with Crippen molar-refractivity contribution in [2.24, 2.45) is 0 Å². The molecule has 1 aliphatic carbocycles. The first-order valence-electron chi connectivity index (χ1n) is 7.29. The van der Waals surface area contributed by atoms with E-state index in [1.165, 1.54) is 24.0 Å². The monoisotopic (exact) mass is 285 g/mol. The van der Waals surface area contributed by atoms with Crippen molar-refractivity contribution in [2.45, 2.75) is 37.8 Å². The maximum Gasteiger partial charge on any atom is 0.0409 e. The first kappa shape index (κ1) is 13.7. The second-order valence-corrected chi connectivity index (χ2v) is 6.16. The van der Waals surface area contributed by atoms with E-state index < -0.39 is 0 Å². The average molecular weight is 286 g/mol. The Morgan fingerprint density at radius 2 is 1.80 bits per heavy atom. The summed E-state index contributed by atoms with van der Waals surface area (Å²) in [6.45, 7) is 2.21. The summed E-state index contributed by atoms with van der Waals surface area (Å²) in [6.07, 6.45) is 2.46. The van der Waals surface area contributed by atoms with Crippen molar-refractivity contribution in [3.8, 4) is 0 Å². The minimum atomic E-state index is 0.357. The van der Waals surface area contributed by atoms with Crippen LogP contribution >= 0.6 is 11.6 Å². The quantitative estimate of drug-likeness (QED) is 0.839. The predicted octanol–water partition coefficient (Wildman–Crippen LogP) is 4.94. The topological polar surface area (TPSA) is 12.0 Å². The zero-order chi connectivity index (χ0) is 13.9. The molecule has 0 aromatic heterocycles. The molecule has 2 heteroatoms. The first-order chi connectivity index (χ1) is 9.72. The third-order valence-corrected chi connectivity index (χ3v) is 4.48. The second-order valence-electron chi connectivity index (χ2n) is 5.72. The van der Waals surface area contributed by atoms with Crippen LogP contribution in [-0.4, -0.2) is 6.04 Å². The van der Waals surface area contributed by atoms with Crippen LogP contribution in [0.4, 0.5) is 0 Å². The van der Waals surface area contributed by atoms with E-state index in [2.05, 4.69) is 48.6 Å². The van der Waals surface area contributed by atoms with E-state index in [1.807, 2.05) is 18.2 Å². The Morgan fingerprint density at radius 1 is 1.05 bits per heavy atom. The summed E-state index contributed by atoms with van der Waals surface area (Å²) in [5.74, 6) is 0.722. The van der Waals surface area contributed by atoms with Crippen LogP contribution in [0, 0.1) is 0 Å². The number of nitrogens with one attached hydrogen (secondary N) is 1. The van der Waals surface area contributed by atoms with Gasteiger partial charge in [-0.15, -0.1) is 0 Å². The van der Waals surface area contributed by atoms with Crippen LogP contribution in [0.15, 0.2) is 54.6 Å². The van der Waals surface area contributed by atoms with Gasteiger partial charge in [-0.1, -0.05) is 54.1 Å². The maximum absolute atomic E-state index is 6.05. The molecule has 1 nitrogen and oxygen atoms in total. The fourth-order valence-corrected chi connectivity index (χ4v) is 3.18. The molecule has 1 aliphatic rings. The molecule has 0 saturated heterocycles. The summed E-state index contributed by atoms with van der Waals surface area (Å²) in [5, 5.41) is 4.51. The molecule has 0 amide bonds. The van der Waals surface area contributed by atoms with Gasteiger partial charge in [0.1, 0.15) is 0 Å². The molecule has 1 fully saturated rings. The minimum absolute atomic E-state index is 0.357. The van der Waals surface area contributed by atoms with Gasteiger partial charge >= 0.3 is 0 Å². The molecular formula is C18H20ClN. The van der Waals surface area contributed by atoms with Crippen molar-refractivity contribution < 1.29 is 0 Å². The van der Waals surface area contributed by atoms with Crippen molar-refractivity contribution in [3.05, 3.63) is 70.7 Å². The van der Waals surface area contributed by atoms with Gasteiger partial charge in [0.2, 0.25) is 0 Å². The lowest BCUT2D eigenvalue weighted by Gasteiger charge is -2.38. The first-order valence-corrected chi connectivity index (χ1v) is 7.66. The van der Waals surface area contributed by atoms with E-state index in [9.17, 15) is 0 Å². The third kappa shape index (κ3) is 3.05. The predicted molar refractivity (Wildman–Crippen MR) is 85.2 cm³/mol. The Morgan fingerprint density at radius 3 is 2.50 bits per heavy atom. The Labute approximate surface area is 126 Å². The summed E-state index contributed by atoms with van der Waals surface area (Å²) in [6, 6.07) is 19.9. The Kier molecular flexibility index (Phi) is 4.09. The Bertz CT molecular complexity index is 561. The van der Waals surface area contributed by atoms with Crippen molar-refractivity contribution in [1.82, 2.24) is 5.32 Å².